The monoisotopic (exact) mass is 334 g/mol. The van der Waals surface area contributed by atoms with Gasteiger partial charge in [-0.15, -0.1) is 0 Å². The number of aliphatic carboxylic acids is 1. The van der Waals surface area contributed by atoms with Crippen LogP contribution in [0, 0.1) is 13.8 Å². The number of carboxylic acids is 1. The lowest BCUT2D eigenvalue weighted by Gasteiger charge is -2.17. The van der Waals surface area contributed by atoms with Crippen LogP contribution < -0.4 is 9.47 Å². The molecule has 0 heterocycles. The van der Waals surface area contributed by atoms with E-state index in [9.17, 15) is 9.90 Å². The number of carboxylic acid groups (broad SMARTS) is 1. The van der Waals surface area contributed by atoms with Crippen LogP contribution in [0.3, 0.4) is 0 Å². The van der Waals surface area contributed by atoms with Crippen LogP contribution in [0.25, 0.3) is 0 Å². The predicted octanol–water partition coefficient (Wildman–Crippen LogP) is 4.04. The summed E-state index contributed by atoms with van der Waals surface area (Å²) >= 11 is 5.98. The number of aryl methyl sites for hydroxylation is 2. The fourth-order valence-corrected chi connectivity index (χ4v) is 2.42. The molecule has 0 fully saturated rings. The lowest BCUT2D eigenvalue weighted by molar-refractivity contribution is -0.145. The van der Waals surface area contributed by atoms with Gasteiger partial charge in [-0.1, -0.05) is 29.3 Å². The molecule has 0 saturated heterocycles. The van der Waals surface area contributed by atoms with Gasteiger partial charge in [0.1, 0.15) is 11.5 Å². The summed E-state index contributed by atoms with van der Waals surface area (Å²) in [6, 6.07) is 10.7. The zero-order chi connectivity index (χ0) is 17.0. The van der Waals surface area contributed by atoms with Gasteiger partial charge < -0.3 is 14.6 Å². The van der Waals surface area contributed by atoms with Crippen molar-refractivity contribution in [3.8, 4) is 11.5 Å². The van der Waals surface area contributed by atoms with Crippen molar-refractivity contribution in [2.75, 3.05) is 7.11 Å². The molecule has 2 rings (SSSR count). The van der Waals surface area contributed by atoms with E-state index in [1.165, 1.54) is 0 Å². The van der Waals surface area contributed by atoms with Crippen molar-refractivity contribution < 1.29 is 19.4 Å². The van der Waals surface area contributed by atoms with Crippen molar-refractivity contribution in [1.29, 1.82) is 0 Å². The third-order valence-electron chi connectivity index (χ3n) is 3.52. The summed E-state index contributed by atoms with van der Waals surface area (Å²) in [5.41, 5.74) is 2.67. The van der Waals surface area contributed by atoms with Crippen molar-refractivity contribution in [2.24, 2.45) is 0 Å². The second kappa shape index (κ2) is 7.38. The Morgan fingerprint density at radius 1 is 1.22 bits per heavy atom. The fraction of sp³-hybridized carbons (Fsp3) is 0.278. The van der Waals surface area contributed by atoms with Gasteiger partial charge in [0.15, 0.2) is 6.10 Å². The Bertz CT molecular complexity index is 712. The highest BCUT2D eigenvalue weighted by Crippen LogP contribution is 2.25. The number of hydrogen-bond donors (Lipinski definition) is 1. The van der Waals surface area contributed by atoms with Crippen molar-refractivity contribution in [3.63, 3.8) is 0 Å². The smallest absolute Gasteiger partial charge is 0.345 e. The molecule has 23 heavy (non-hydrogen) atoms. The Kier molecular flexibility index (Phi) is 5.50. The molecule has 1 atom stereocenters. The van der Waals surface area contributed by atoms with Crippen LogP contribution in [0.2, 0.25) is 5.02 Å². The highest BCUT2D eigenvalue weighted by molar-refractivity contribution is 6.31. The van der Waals surface area contributed by atoms with Crippen LogP contribution in [0.1, 0.15) is 16.7 Å². The number of halogens is 1. The maximum atomic E-state index is 11.6. The minimum absolute atomic E-state index is 0.210. The Balaban J connectivity index is 2.24. The molecule has 0 aliphatic heterocycles. The molecule has 0 saturated carbocycles. The van der Waals surface area contributed by atoms with E-state index in [2.05, 4.69) is 0 Å². The molecule has 2 aromatic rings. The molecule has 2 aromatic carbocycles. The van der Waals surface area contributed by atoms with E-state index < -0.39 is 12.1 Å². The van der Waals surface area contributed by atoms with Crippen LogP contribution in [-0.4, -0.2) is 24.3 Å². The molecule has 0 aliphatic rings. The Labute approximate surface area is 140 Å². The lowest BCUT2D eigenvalue weighted by Crippen LogP contribution is -2.29. The zero-order valence-corrected chi connectivity index (χ0v) is 14.1. The number of rotatable bonds is 6. The highest BCUT2D eigenvalue weighted by atomic mass is 35.5. The topological polar surface area (TPSA) is 55.8 Å². The molecule has 0 aromatic heterocycles. The number of hydrogen-bond acceptors (Lipinski definition) is 3. The van der Waals surface area contributed by atoms with Crippen LogP contribution >= 0.6 is 11.6 Å². The number of benzene rings is 2. The highest BCUT2D eigenvalue weighted by Gasteiger charge is 2.22. The number of methoxy groups -OCH3 is 1. The molecule has 0 radical (unpaired) electrons. The first kappa shape index (κ1) is 17.2. The van der Waals surface area contributed by atoms with Crippen molar-refractivity contribution >= 4 is 17.6 Å². The van der Waals surface area contributed by atoms with E-state index in [1.54, 1.807) is 25.3 Å². The minimum atomic E-state index is -1.03. The first-order chi connectivity index (χ1) is 10.9. The van der Waals surface area contributed by atoms with Gasteiger partial charge in [0.2, 0.25) is 0 Å². The Morgan fingerprint density at radius 3 is 2.57 bits per heavy atom. The molecule has 0 spiro atoms. The van der Waals surface area contributed by atoms with Crippen LogP contribution in [-0.2, 0) is 11.2 Å². The molecule has 0 aliphatic carbocycles. The Morgan fingerprint density at radius 2 is 1.96 bits per heavy atom. The maximum Gasteiger partial charge on any atom is 0.345 e. The van der Waals surface area contributed by atoms with Crippen LogP contribution in [0.15, 0.2) is 36.4 Å². The molecule has 4 nitrogen and oxygen atoms in total. The molecular weight excluding hydrogens is 316 g/mol. The predicted molar refractivity (Wildman–Crippen MR) is 89.7 cm³/mol. The summed E-state index contributed by atoms with van der Waals surface area (Å²) in [5, 5.41) is 10.1. The number of carbonyl (C=O) groups is 1. The summed E-state index contributed by atoms with van der Waals surface area (Å²) in [7, 11) is 1.56. The molecule has 0 bridgehead atoms. The van der Waals surface area contributed by atoms with Gasteiger partial charge in [0, 0.05) is 11.4 Å². The van der Waals surface area contributed by atoms with E-state index in [-0.39, 0.29) is 6.42 Å². The van der Waals surface area contributed by atoms with E-state index in [0.29, 0.717) is 16.5 Å². The minimum Gasteiger partial charge on any atom is -0.496 e. The van der Waals surface area contributed by atoms with Gasteiger partial charge in [-0.2, -0.15) is 0 Å². The second-order valence-corrected chi connectivity index (χ2v) is 5.78. The average Bonchev–Trinajstić information content (AvgIpc) is 2.50. The van der Waals surface area contributed by atoms with E-state index >= 15 is 0 Å². The molecule has 5 heteroatoms. The summed E-state index contributed by atoms with van der Waals surface area (Å²) in [6.07, 6.45) is -0.798. The Hall–Kier alpha value is -2.20. The fourth-order valence-electron chi connectivity index (χ4n) is 2.30. The lowest BCUT2D eigenvalue weighted by atomic mass is 10.0. The standard InChI is InChI=1S/C18H19ClO4/c1-11-4-7-16(22-3)13(8-11)10-17(18(20)21)23-14-5-6-15(19)12(2)9-14/h4-9,17H,10H2,1-3H3,(H,20,21)/t17-/m0/s1. The van der Waals surface area contributed by atoms with E-state index in [1.807, 2.05) is 32.0 Å². The third kappa shape index (κ3) is 4.39. The molecule has 0 amide bonds. The SMILES string of the molecule is COc1ccc(C)cc1C[C@H](Oc1ccc(Cl)c(C)c1)C(=O)O. The molecular formula is C18H19ClO4. The summed E-state index contributed by atoms with van der Waals surface area (Å²) in [6.45, 7) is 3.79. The first-order valence-electron chi connectivity index (χ1n) is 7.20. The average molecular weight is 335 g/mol. The number of ether oxygens (including phenoxy) is 2. The van der Waals surface area contributed by atoms with Gasteiger partial charge >= 0.3 is 5.97 Å². The van der Waals surface area contributed by atoms with Crippen molar-refractivity contribution in [1.82, 2.24) is 0 Å². The van der Waals surface area contributed by atoms with Gasteiger partial charge in [0.05, 0.1) is 7.11 Å². The molecule has 0 unspecified atom stereocenters. The largest absolute Gasteiger partial charge is 0.496 e. The van der Waals surface area contributed by atoms with Crippen molar-refractivity contribution in [3.05, 3.63) is 58.1 Å². The first-order valence-corrected chi connectivity index (χ1v) is 7.57. The summed E-state index contributed by atoms with van der Waals surface area (Å²) in [5.74, 6) is 0.102. The molecule has 122 valence electrons. The second-order valence-electron chi connectivity index (χ2n) is 5.38. The van der Waals surface area contributed by atoms with E-state index in [0.717, 1.165) is 16.7 Å². The van der Waals surface area contributed by atoms with Crippen LogP contribution in [0.5, 0.6) is 11.5 Å². The van der Waals surface area contributed by atoms with Gasteiger partial charge in [0.25, 0.3) is 0 Å². The molecule has 1 N–H and O–H groups in total. The quantitative estimate of drug-likeness (QED) is 0.866. The van der Waals surface area contributed by atoms with Crippen molar-refractivity contribution in [2.45, 2.75) is 26.4 Å². The third-order valence-corrected chi connectivity index (χ3v) is 3.95. The van der Waals surface area contributed by atoms with E-state index in [4.69, 9.17) is 21.1 Å². The van der Waals surface area contributed by atoms with Gasteiger partial charge in [-0.05, 0) is 49.2 Å². The maximum absolute atomic E-state index is 11.6. The van der Waals surface area contributed by atoms with Gasteiger partial charge in [-0.3, -0.25) is 0 Å². The van der Waals surface area contributed by atoms with Gasteiger partial charge in [-0.25, -0.2) is 4.79 Å². The normalized spacial score (nSPS) is 11.8. The summed E-state index contributed by atoms with van der Waals surface area (Å²) < 4.78 is 10.9. The summed E-state index contributed by atoms with van der Waals surface area (Å²) in [4.78, 5) is 11.6. The van der Waals surface area contributed by atoms with Crippen LogP contribution in [0.4, 0.5) is 0 Å². The zero-order valence-electron chi connectivity index (χ0n) is 13.3.